The maximum atomic E-state index is 4.33. The standard InChI is InChI=1S/C8H12N2S/c1-8(3-2-4-10-8)7-5-11-6-9-7/h5-6,10H,2-4H2,1H3. The average molecular weight is 168 g/mol. The highest BCUT2D eigenvalue weighted by Gasteiger charge is 2.31. The second-order valence-electron chi connectivity index (χ2n) is 3.24. The molecular formula is C8H12N2S. The molecule has 0 radical (unpaired) electrons. The van der Waals surface area contributed by atoms with E-state index in [4.69, 9.17) is 0 Å². The fraction of sp³-hybridized carbons (Fsp3) is 0.625. The van der Waals surface area contributed by atoms with Gasteiger partial charge in [0.2, 0.25) is 0 Å². The Balaban J connectivity index is 2.27. The maximum Gasteiger partial charge on any atom is 0.0795 e. The molecular weight excluding hydrogens is 156 g/mol. The van der Waals surface area contributed by atoms with Gasteiger partial charge in [-0.2, -0.15) is 0 Å². The molecule has 1 aliphatic rings. The van der Waals surface area contributed by atoms with Gasteiger partial charge in [-0.1, -0.05) is 0 Å². The number of nitrogens with zero attached hydrogens (tertiary/aromatic N) is 1. The van der Waals surface area contributed by atoms with Gasteiger partial charge < -0.3 is 5.32 Å². The van der Waals surface area contributed by atoms with Crippen LogP contribution in [-0.4, -0.2) is 11.5 Å². The lowest BCUT2D eigenvalue weighted by atomic mass is 9.97. The van der Waals surface area contributed by atoms with Gasteiger partial charge >= 0.3 is 0 Å². The van der Waals surface area contributed by atoms with Crippen LogP contribution in [0.1, 0.15) is 25.5 Å². The van der Waals surface area contributed by atoms with E-state index in [9.17, 15) is 0 Å². The smallest absolute Gasteiger partial charge is 0.0795 e. The summed E-state index contributed by atoms with van der Waals surface area (Å²) in [6.07, 6.45) is 2.49. The highest BCUT2D eigenvalue weighted by molar-refractivity contribution is 7.07. The van der Waals surface area contributed by atoms with Crippen LogP contribution in [0.4, 0.5) is 0 Å². The summed E-state index contributed by atoms with van der Waals surface area (Å²) in [5, 5.41) is 5.62. The van der Waals surface area contributed by atoms with Gasteiger partial charge in [-0.25, -0.2) is 4.98 Å². The summed E-state index contributed by atoms with van der Waals surface area (Å²) < 4.78 is 0. The van der Waals surface area contributed by atoms with Crippen molar-refractivity contribution < 1.29 is 0 Å². The Morgan fingerprint density at radius 3 is 3.18 bits per heavy atom. The van der Waals surface area contributed by atoms with E-state index < -0.39 is 0 Å². The Morgan fingerprint density at radius 1 is 1.73 bits per heavy atom. The highest BCUT2D eigenvalue weighted by atomic mass is 32.1. The minimum atomic E-state index is 0.167. The Kier molecular flexibility index (Phi) is 1.69. The molecule has 1 saturated heterocycles. The number of hydrogen-bond donors (Lipinski definition) is 1. The van der Waals surface area contributed by atoms with Crippen molar-refractivity contribution in [1.82, 2.24) is 10.3 Å². The SMILES string of the molecule is CC1(c2cscn2)CCCN1. The summed E-state index contributed by atoms with van der Waals surface area (Å²) >= 11 is 1.67. The largest absolute Gasteiger partial charge is 0.306 e. The fourth-order valence-electron chi connectivity index (χ4n) is 1.60. The van der Waals surface area contributed by atoms with Gasteiger partial charge in [0.05, 0.1) is 16.7 Å². The summed E-state index contributed by atoms with van der Waals surface area (Å²) in [5.41, 5.74) is 3.28. The van der Waals surface area contributed by atoms with E-state index in [1.54, 1.807) is 11.3 Å². The third kappa shape index (κ3) is 1.19. The van der Waals surface area contributed by atoms with Crippen LogP contribution in [0.3, 0.4) is 0 Å². The lowest BCUT2D eigenvalue weighted by molar-refractivity contribution is 0.424. The Morgan fingerprint density at radius 2 is 2.64 bits per heavy atom. The molecule has 1 N–H and O–H groups in total. The van der Waals surface area contributed by atoms with E-state index >= 15 is 0 Å². The minimum absolute atomic E-state index is 0.167. The molecule has 0 saturated carbocycles. The van der Waals surface area contributed by atoms with Crippen LogP contribution in [0.2, 0.25) is 0 Å². The molecule has 1 aromatic heterocycles. The van der Waals surface area contributed by atoms with Crippen molar-refractivity contribution in [2.24, 2.45) is 0 Å². The van der Waals surface area contributed by atoms with Crippen molar-refractivity contribution in [2.75, 3.05) is 6.54 Å². The molecule has 0 spiro atoms. The Labute approximate surface area is 70.7 Å². The molecule has 0 bridgehead atoms. The van der Waals surface area contributed by atoms with Crippen LogP contribution in [0.5, 0.6) is 0 Å². The molecule has 0 aliphatic carbocycles. The third-order valence-corrected chi connectivity index (χ3v) is 2.95. The summed E-state index contributed by atoms with van der Waals surface area (Å²) in [4.78, 5) is 4.33. The summed E-state index contributed by atoms with van der Waals surface area (Å²) in [6.45, 7) is 3.36. The van der Waals surface area contributed by atoms with E-state index in [0.29, 0.717) is 0 Å². The Bertz CT molecular complexity index is 224. The van der Waals surface area contributed by atoms with Crippen molar-refractivity contribution in [3.8, 4) is 0 Å². The first-order valence-electron chi connectivity index (χ1n) is 3.95. The second kappa shape index (κ2) is 2.57. The first kappa shape index (κ1) is 7.25. The van der Waals surface area contributed by atoms with Crippen LogP contribution >= 0.6 is 11.3 Å². The molecule has 2 heterocycles. The van der Waals surface area contributed by atoms with Gasteiger partial charge in [0.1, 0.15) is 0 Å². The third-order valence-electron chi connectivity index (χ3n) is 2.37. The van der Waals surface area contributed by atoms with Gasteiger partial charge in [-0.05, 0) is 26.3 Å². The van der Waals surface area contributed by atoms with Crippen LogP contribution in [0, 0.1) is 0 Å². The van der Waals surface area contributed by atoms with Gasteiger partial charge in [0.15, 0.2) is 0 Å². The molecule has 0 aromatic carbocycles. The van der Waals surface area contributed by atoms with E-state index in [1.807, 2.05) is 5.51 Å². The fourth-order valence-corrected chi connectivity index (χ4v) is 2.28. The van der Waals surface area contributed by atoms with Crippen molar-refractivity contribution in [3.05, 3.63) is 16.6 Å². The van der Waals surface area contributed by atoms with Gasteiger partial charge in [0.25, 0.3) is 0 Å². The predicted octanol–water partition coefficient (Wildman–Crippen LogP) is 1.74. The predicted molar refractivity (Wildman–Crippen MR) is 46.7 cm³/mol. The zero-order valence-electron chi connectivity index (χ0n) is 6.63. The summed E-state index contributed by atoms with van der Waals surface area (Å²) in [6, 6.07) is 0. The molecule has 1 aliphatic heterocycles. The normalized spacial score (nSPS) is 31.0. The van der Waals surface area contributed by atoms with E-state index in [2.05, 4.69) is 22.6 Å². The van der Waals surface area contributed by atoms with Crippen molar-refractivity contribution in [1.29, 1.82) is 0 Å². The quantitative estimate of drug-likeness (QED) is 0.691. The minimum Gasteiger partial charge on any atom is -0.306 e. The lowest BCUT2D eigenvalue weighted by Gasteiger charge is -2.21. The van der Waals surface area contributed by atoms with Crippen LogP contribution in [-0.2, 0) is 5.54 Å². The summed E-state index contributed by atoms with van der Waals surface area (Å²) in [5.74, 6) is 0. The lowest BCUT2D eigenvalue weighted by Crippen LogP contribution is -2.33. The molecule has 11 heavy (non-hydrogen) atoms. The number of thiazole rings is 1. The molecule has 3 heteroatoms. The van der Waals surface area contributed by atoms with Gasteiger partial charge in [-0.15, -0.1) is 11.3 Å². The molecule has 2 rings (SSSR count). The topological polar surface area (TPSA) is 24.9 Å². The van der Waals surface area contributed by atoms with Crippen LogP contribution in [0.15, 0.2) is 10.9 Å². The van der Waals surface area contributed by atoms with Crippen molar-refractivity contribution in [2.45, 2.75) is 25.3 Å². The number of rotatable bonds is 1. The van der Waals surface area contributed by atoms with Crippen LogP contribution < -0.4 is 5.32 Å². The molecule has 2 nitrogen and oxygen atoms in total. The first-order valence-corrected chi connectivity index (χ1v) is 4.89. The van der Waals surface area contributed by atoms with Gasteiger partial charge in [0, 0.05) is 5.38 Å². The second-order valence-corrected chi connectivity index (χ2v) is 3.95. The van der Waals surface area contributed by atoms with E-state index in [-0.39, 0.29) is 5.54 Å². The van der Waals surface area contributed by atoms with Crippen LogP contribution in [0.25, 0.3) is 0 Å². The van der Waals surface area contributed by atoms with Gasteiger partial charge in [-0.3, -0.25) is 0 Å². The maximum absolute atomic E-state index is 4.33. The zero-order valence-corrected chi connectivity index (χ0v) is 7.45. The Hall–Kier alpha value is -0.410. The molecule has 60 valence electrons. The van der Waals surface area contributed by atoms with Crippen molar-refractivity contribution >= 4 is 11.3 Å². The molecule has 1 fully saturated rings. The monoisotopic (exact) mass is 168 g/mol. The van der Waals surface area contributed by atoms with E-state index in [0.717, 1.165) is 6.54 Å². The molecule has 1 unspecified atom stereocenters. The average Bonchev–Trinajstić information content (AvgIpc) is 2.55. The molecule has 1 atom stereocenters. The highest BCUT2D eigenvalue weighted by Crippen LogP contribution is 2.29. The molecule has 1 aromatic rings. The van der Waals surface area contributed by atoms with E-state index in [1.165, 1.54) is 18.5 Å². The number of aromatic nitrogens is 1. The molecule has 0 amide bonds. The number of nitrogens with one attached hydrogen (secondary N) is 1. The van der Waals surface area contributed by atoms with Crippen molar-refractivity contribution in [3.63, 3.8) is 0 Å². The number of hydrogen-bond acceptors (Lipinski definition) is 3. The first-order chi connectivity index (χ1) is 5.31. The zero-order chi connectivity index (χ0) is 7.73. The summed E-state index contributed by atoms with van der Waals surface area (Å²) in [7, 11) is 0.